The van der Waals surface area contributed by atoms with Crippen molar-refractivity contribution in [2.45, 2.75) is 13.3 Å². The van der Waals surface area contributed by atoms with Crippen molar-refractivity contribution in [1.82, 2.24) is 9.97 Å². The van der Waals surface area contributed by atoms with Gasteiger partial charge in [-0.3, -0.25) is 4.79 Å². The molecule has 3 rings (SSSR count). The van der Waals surface area contributed by atoms with Gasteiger partial charge < -0.3 is 10.3 Å². The van der Waals surface area contributed by atoms with Crippen molar-refractivity contribution < 1.29 is 4.79 Å². The van der Waals surface area contributed by atoms with Crippen molar-refractivity contribution in [2.24, 2.45) is 0 Å². The molecule has 2 N–H and O–H groups in total. The van der Waals surface area contributed by atoms with E-state index in [0.717, 1.165) is 22.3 Å². The summed E-state index contributed by atoms with van der Waals surface area (Å²) in [7, 11) is 0. The Bertz CT molecular complexity index is 711. The zero-order chi connectivity index (χ0) is 13.9. The van der Waals surface area contributed by atoms with Gasteiger partial charge in [0.05, 0.1) is 11.0 Å². The summed E-state index contributed by atoms with van der Waals surface area (Å²) in [5, 5.41) is 3.20. The molecule has 0 saturated carbocycles. The molecule has 0 amide bonds. The Morgan fingerprint density at radius 2 is 1.90 bits per heavy atom. The predicted molar refractivity (Wildman–Crippen MR) is 80.4 cm³/mol. The van der Waals surface area contributed by atoms with Crippen LogP contribution in [-0.2, 0) is 0 Å². The highest BCUT2D eigenvalue weighted by Gasteiger charge is 2.04. The van der Waals surface area contributed by atoms with Crippen molar-refractivity contribution in [1.29, 1.82) is 0 Å². The number of fused-ring (bicyclic) bond motifs is 1. The van der Waals surface area contributed by atoms with Gasteiger partial charge in [0.25, 0.3) is 0 Å². The van der Waals surface area contributed by atoms with Gasteiger partial charge in [-0.2, -0.15) is 0 Å². The molecule has 20 heavy (non-hydrogen) atoms. The first kappa shape index (κ1) is 12.4. The maximum absolute atomic E-state index is 11.6. The Balaban J connectivity index is 1.82. The Hall–Kier alpha value is -2.62. The number of para-hydroxylation sites is 2. The molecule has 0 aliphatic heterocycles. The van der Waals surface area contributed by atoms with E-state index in [1.54, 1.807) is 0 Å². The summed E-state index contributed by atoms with van der Waals surface area (Å²) in [5.41, 5.74) is 3.56. The summed E-state index contributed by atoms with van der Waals surface area (Å²) in [6.45, 7) is 1.86. The van der Waals surface area contributed by atoms with E-state index in [4.69, 9.17) is 0 Å². The monoisotopic (exact) mass is 265 g/mol. The number of hydrogen-bond acceptors (Lipinski definition) is 3. The lowest BCUT2D eigenvalue weighted by Crippen LogP contribution is -1.97. The lowest BCUT2D eigenvalue weighted by molar-refractivity contribution is 0.0988. The lowest BCUT2D eigenvalue weighted by atomic mass is 10.1. The van der Waals surface area contributed by atoms with Crippen LogP contribution in [0.1, 0.15) is 23.7 Å². The third kappa shape index (κ3) is 2.40. The molecular weight excluding hydrogens is 250 g/mol. The molecule has 3 aromatic rings. The standard InChI is InChI=1S/C16H15N3O/c1-2-15(20)11-7-9-12(10-8-11)17-16-18-13-5-3-4-6-14(13)19-16/h3-10H,2H2,1H3,(H2,17,18,19). The molecule has 4 heteroatoms. The minimum Gasteiger partial charge on any atom is -0.326 e. The van der Waals surface area contributed by atoms with Crippen molar-refractivity contribution in [3.05, 3.63) is 54.1 Å². The van der Waals surface area contributed by atoms with Gasteiger partial charge in [-0.05, 0) is 36.4 Å². The smallest absolute Gasteiger partial charge is 0.205 e. The molecule has 0 unspecified atom stereocenters. The Labute approximate surface area is 116 Å². The summed E-state index contributed by atoms with van der Waals surface area (Å²) >= 11 is 0. The number of H-pyrrole nitrogens is 1. The highest BCUT2D eigenvalue weighted by Crippen LogP contribution is 2.18. The fourth-order valence-corrected chi connectivity index (χ4v) is 2.09. The normalized spacial score (nSPS) is 10.7. The number of nitrogens with one attached hydrogen (secondary N) is 2. The fraction of sp³-hybridized carbons (Fsp3) is 0.125. The highest BCUT2D eigenvalue weighted by molar-refractivity contribution is 5.96. The number of aromatic amines is 1. The Morgan fingerprint density at radius 3 is 2.60 bits per heavy atom. The van der Waals surface area contributed by atoms with Gasteiger partial charge in [-0.15, -0.1) is 0 Å². The first-order valence-electron chi connectivity index (χ1n) is 6.61. The van der Waals surface area contributed by atoms with Gasteiger partial charge in [0.15, 0.2) is 5.78 Å². The van der Waals surface area contributed by atoms with Crippen LogP contribution in [-0.4, -0.2) is 15.8 Å². The van der Waals surface area contributed by atoms with Crippen LogP contribution in [0.25, 0.3) is 11.0 Å². The fourth-order valence-electron chi connectivity index (χ4n) is 2.09. The Kier molecular flexibility index (Phi) is 3.21. The average molecular weight is 265 g/mol. The van der Waals surface area contributed by atoms with E-state index in [1.807, 2.05) is 55.5 Å². The van der Waals surface area contributed by atoms with E-state index in [2.05, 4.69) is 15.3 Å². The maximum Gasteiger partial charge on any atom is 0.205 e. The van der Waals surface area contributed by atoms with Crippen LogP contribution < -0.4 is 5.32 Å². The largest absolute Gasteiger partial charge is 0.326 e. The molecule has 0 bridgehead atoms. The number of carbonyl (C=O) groups excluding carboxylic acids is 1. The van der Waals surface area contributed by atoms with E-state index in [-0.39, 0.29) is 5.78 Å². The SMILES string of the molecule is CCC(=O)c1ccc(Nc2nc3ccccc3[nH]2)cc1. The first-order valence-corrected chi connectivity index (χ1v) is 6.61. The molecule has 100 valence electrons. The van der Waals surface area contributed by atoms with Crippen LogP contribution in [0, 0.1) is 0 Å². The molecule has 1 heterocycles. The topological polar surface area (TPSA) is 57.8 Å². The van der Waals surface area contributed by atoms with Crippen LogP contribution in [0.2, 0.25) is 0 Å². The molecule has 0 saturated heterocycles. The second-order valence-corrected chi connectivity index (χ2v) is 4.58. The molecule has 1 aromatic heterocycles. The summed E-state index contributed by atoms with van der Waals surface area (Å²) in [6.07, 6.45) is 0.524. The average Bonchev–Trinajstić information content (AvgIpc) is 2.89. The van der Waals surface area contributed by atoms with Crippen molar-refractivity contribution in [2.75, 3.05) is 5.32 Å². The third-order valence-corrected chi connectivity index (χ3v) is 3.18. The van der Waals surface area contributed by atoms with Crippen LogP contribution in [0.15, 0.2) is 48.5 Å². The molecule has 0 aliphatic carbocycles. The van der Waals surface area contributed by atoms with E-state index in [0.29, 0.717) is 12.4 Å². The van der Waals surface area contributed by atoms with E-state index in [9.17, 15) is 4.79 Å². The van der Waals surface area contributed by atoms with Crippen LogP contribution in [0.4, 0.5) is 11.6 Å². The Morgan fingerprint density at radius 1 is 1.15 bits per heavy atom. The molecule has 0 spiro atoms. The van der Waals surface area contributed by atoms with Gasteiger partial charge in [0.2, 0.25) is 5.95 Å². The maximum atomic E-state index is 11.6. The minimum atomic E-state index is 0.153. The van der Waals surface area contributed by atoms with Crippen molar-refractivity contribution >= 4 is 28.5 Å². The second kappa shape index (κ2) is 5.17. The van der Waals surface area contributed by atoms with Crippen LogP contribution in [0.5, 0.6) is 0 Å². The summed E-state index contributed by atoms with van der Waals surface area (Å²) < 4.78 is 0. The van der Waals surface area contributed by atoms with Gasteiger partial charge in [0, 0.05) is 17.7 Å². The number of rotatable bonds is 4. The molecule has 2 aromatic carbocycles. The van der Waals surface area contributed by atoms with Gasteiger partial charge in [-0.25, -0.2) is 4.98 Å². The quantitative estimate of drug-likeness (QED) is 0.703. The van der Waals surface area contributed by atoms with Crippen molar-refractivity contribution in [3.8, 4) is 0 Å². The number of carbonyl (C=O) groups is 1. The number of benzene rings is 2. The summed E-state index contributed by atoms with van der Waals surface area (Å²) in [5.74, 6) is 0.848. The molecule has 0 aliphatic rings. The molecule has 0 atom stereocenters. The van der Waals surface area contributed by atoms with Crippen LogP contribution in [0.3, 0.4) is 0 Å². The number of ketones is 1. The minimum absolute atomic E-state index is 0.153. The van der Waals surface area contributed by atoms with E-state index in [1.165, 1.54) is 0 Å². The van der Waals surface area contributed by atoms with Gasteiger partial charge >= 0.3 is 0 Å². The van der Waals surface area contributed by atoms with Crippen molar-refractivity contribution in [3.63, 3.8) is 0 Å². The van der Waals surface area contributed by atoms with Crippen LogP contribution >= 0.6 is 0 Å². The van der Waals surface area contributed by atoms with Gasteiger partial charge in [0.1, 0.15) is 0 Å². The van der Waals surface area contributed by atoms with E-state index >= 15 is 0 Å². The van der Waals surface area contributed by atoms with Gasteiger partial charge in [-0.1, -0.05) is 19.1 Å². The number of aromatic nitrogens is 2. The summed E-state index contributed by atoms with van der Waals surface area (Å²) in [6, 6.07) is 15.3. The zero-order valence-corrected chi connectivity index (χ0v) is 11.2. The number of Topliss-reactive ketones (excluding diaryl/α,β-unsaturated/α-hetero) is 1. The lowest BCUT2D eigenvalue weighted by Gasteiger charge is -2.03. The number of hydrogen-bond donors (Lipinski definition) is 2. The number of nitrogens with zero attached hydrogens (tertiary/aromatic N) is 1. The molecule has 0 radical (unpaired) electrons. The zero-order valence-electron chi connectivity index (χ0n) is 11.2. The third-order valence-electron chi connectivity index (χ3n) is 3.18. The second-order valence-electron chi connectivity index (χ2n) is 4.58. The molecule has 0 fully saturated rings. The first-order chi connectivity index (χ1) is 9.76. The number of anilines is 2. The molecular formula is C16H15N3O. The summed E-state index contributed by atoms with van der Waals surface area (Å²) in [4.78, 5) is 19.2. The highest BCUT2D eigenvalue weighted by atomic mass is 16.1. The molecule has 4 nitrogen and oxygen atoms in total. The number of imidazole rings is 1. The predicted octanol–water partition coefficient (Wildman–Crippen LogP) is 3.90. The van der Waals surface area contributed by atoms with E-state index < -0.39 is 0 Å².